The summed E-state index contributed by atoms with van der Waals surface area (Å²) < 4.78 is 36.8. The van der Waals surface area contributed by atoms with Crippen molar-refractivity contribution < 1.29 is 23.0 Å². The first-order valence-corrected chi connectivity index (χ1v) is 14.2. The van der Waals surface area contributed by atoms with Crippen LogP contribution in [0.1, 0.15) is 91.0 Å². The van der Waals surface area contributed by atoms with Crippen LogP contribution in [0.2, 0.25) is 0 Å². The van der Waals surface area contributed by atoms with Crippen molar-refractivity contribution in [2.75, 3.05) is 18.5 Å². The fourth-order valence-corrected chi connectivity index (χ4v) is 4.42. The molecule has 222 valence electrons. The molecule has 0 bridgehead atoms. The molecule has 0 spiro atoms. The van der Waals surface area contributed by atoms with E-state index in [1.165, 1.54) is 22.8 Å². The lowest BCUT2D eigenvalue weighted by Crippen LogP contribution is -2.20. The number of rotatable bonds is 0. The van der Waals surface area contributed by atoms with Crippen LogP contribution in [0, 0.1) is 11.6 Å². The van der Waals surface area contributed by atoms with Crippen molar-refractivity contribution in [2.45, 2.75) is 91.4 Å². The van der Waals surface area contributed by atoms with Crippen molar-refractivity contribution in [3.8, 4) is 11.5 Å². The van der Waals surface area contributed by atoms with Gasteiger partial charge in [-0.3, -0.25) is 4.79 Å². The second-order valence-electron chi connectivity index (χ2n) is 13.7. The van der Waals surface area contributed by atoms with Crippen LogP contribution in [0.25, 0.3) is 0 Å². The Morgan fingerprint density at radius 2 is 1.24 bits per heavy atom. The maximum atomic E-state index is 13.1. The number of anilines is 1. The van der Waals surface area contributed by atoms with Gasteiger partial charge in [-0.2, -0.15) is 0 Å². The summed E-state index contributed by atoms with van der Waals surface area (Å²) in [4.78, 5) is 11.3. The number of carbonyl (C=O) groups is 1. The third-order valence-electron chi connectivity index (χ3n) is 7.02. The van der Waals surface area contributed by atoms with Gasteiger partial charge in [0, 0.05) is 12.1 Å². The predicted octanol–water partition coefficient (Wildman–Crippen LogP) is 8.89. The van der Waals surface area contributed by atoms with Gasteiger partial charge in [-0.1, -0.05) is 80.5 Å². The zero-order valence-electron chi connectivity index (χ0n) is 26.0. The average Bonchev–Trinajstić information content (AvgIpc) is 2.88. The van der Waals surface area contributed by atoms with Crippen LogP contribution in [0.3, 0.4) is 0 Å². The molecule has 0 atom stereocenters. The van der Waals surface area contributed by atoms with Gasteiger partial charge in [-0.25, -0.2) is 8.78 Å². The largest absolute Gasteiger partial charge is 0.486 e. The van der Waals surface area contributed by atoms with Crippen molar-refractivity contribution in [1.29, 1.82) is 0 Å². The van der Waals surface area contributed by atoms with E-state index in [1.54, 1.807) is 0 Å². The standard InChI is InChI=1S/C13H17NO.C12H16O2.C10H12F2/c1-13(2,3)10-6-4-9-5-7-12(15)14-11(9)8-10;1-12(2,3)9-4-5-10-11(8-9)14-7-6-13-10;1-10(2,3)8-6-7(11)4-5-9(8)12/h4,6,8H,5,7H2,1-3H3,(H,14,15);4-5,8H,6-7H2,1-3H3;4-6H,1-3H3. The number of hydrogen-bond donors (Lipinski definition) is 1. The highest BCUT2D eigenvalue weighted by Crippen LogP contribution is 2.35. The van der Waals surface area contributed by atoms with Crippen molar-refractivity contribution >= 4 is 11.6 Å². The van der Waals surface area contributed by atoms with E-state index in [0.717, 1.165) is 35.7 Å². The minimum atomic E-state index is -0.388. The molecule has 0 unspecified atom stereocenters. The minimum Gasteiger partial charge on any atom is -0.486 e. The first-order valence-electron chi connectivity index (χ1n) is 14.2. The number of ether oxygens (including phenoxy) is 2. The molecule has 6 heteroatoms. The summed E-state index contributed by atoms with van der Waals surface area (Å²) in [6.07, 6.45) is 1.48. The molecule has 1 N–H and O–H groups in total. The van der Waals surface area contributed by atoms with Gasteiger partial charge in [0.25, 0.3) is 0 Å². The van der Waals surface area contributed by atoms with Crippen LogP contribution < -0.4 is 14.8 Å². The number of hydrogen-bond acceptors (Lipinski definition) is 3. The van der Waals surface area contributed by atoms with Crippen molar-refractivity contribution in [3.05, 3.63) is 88.5 Å². The Balaban J connectivity index is 0.000000170. The van der Waals surface area contributed by atoms with Crippen LogP contribution in [0.5, 0.6) is 11.5 Å². The lowest BCUT2D eigenvalue weighted by molar-refractivity contribution is -0.116. The summed E-state index contributed by atoms with van der Waals surface area (Å²) in [6.45, 7) is 20.0. The fourth-order valence-electron chi connectivity index (χ4n) is 4.42. The summed E-state index contributed by atoms with van der Waals surface area (Å²) >= 11 is 0. The van der Waals surface area contributed by atoms with Gasteiger partial charge in [-0.15, -0.1) is 0 Å². The van der Waals surface area contributed by atoms with E-state index in [-0.39, 0.29) is 33.8 Å². The zero-order chi connectivity index (χ0) is 30.6. The average molecular weight is 566 g/mol. The number of nitrogens with one attached hydrogen (secondary N) is 1. The number of aryl methyl sites for hydroxylation is 1. The number of benzene rings is 3. The summed E-state index contributed by atoms with van der Waals surface area (Å²) in [5.41, 5.74) is 5.17. The monoisotopic (exact) mass is 565 g/mol. The van der Waals surface area contributed by atoms with E-state index < -0.39 is 0 Å². The molecular formula is C35H45F2NO3. The Morgan fingerprint density at radius 3 is 1.83 bits per heavy atom. The van der Waals surface area contributed by atoms with Crippen molar-refractivity contribution in [1.82, 2.24) is 0 Å². The molecule has 0 aliphatic carbocycles. The lowest BCUT2D eigenvalue weighted by Gasteiger charge is -2.23. The van der Waals surface area contributed by atoms with E-state index >= 15 is 0 Å². The molecule has 0 aromatic heterocycles. The Morgan fingerprint density at radius 1 is 0.659 bits per heavy atom. The lowest BCUT2D eigenvalue weighted by atomic mass is 9.85. The maximum absolute atomic E-state index is 13.1. The molecular weight excluding hydrogens is 520 g/mol. The summed E-state index contributed by atoms with van der Waals surface area (Å²) in [5.74, 6) is 1.15. The highest BCUT2D eigenvalue weighted by molar-refractivity contribution is 5.94. The first kappa shape index (κ1) is 32.1. The minimum absolute atomic E-state index is 0.133. The summed E-state index contributed by atoms with van der Waals surface area (Å²) in [5, 5.41) is 2.93. The topological polar surface area (TPSA) is 47.6 Å². The quantitative estimate of drug-likeness (QED) is 0.296. The molecule has 0 fully saturated rings. The van der Waals surface area contributed by atoms with Gasteiger partial charge in [0.05, 0.1) is 0 Å². The molecule has 3 aromatic rings. The molecule has 0 saturated carbocycles. The summed E-state index contributed by atoms with van der Waals surface area (Å²) in [6, 6.07) is 16.1. The second-order valence-corrected chi connectivity index (χ2v) is 13.7. The van der Waals surface area contributed by atoms with Gasteiger partial charge >= 0.3 is 0 Å². The molecule has 2 aliphatic heterocycles. The van der Waals surface area contributed by atoms with Gasteiger partial charge < -0.3 is 14.8 Å². The molecule has 0 radical (unpaired) electrons. The van der Waals surface area contributed by atoms with Gasteiger partial charge in [0.1, 0.15) is 24.8 Å². The van der Waals surface area contributed by atoms with Crippen molar-refractivity contribution in [2.24, 2.45) is 0 Å². The predicted molar refractivity (Wildman–Crippen MR) is 163 cm³/mol. The molecule has 4 nitrogen and oxygen atoms in total. The smallest absolute Gasteiger partial charge is 0.224 e. The number of carbonyl (C=O) groups excluding carboxylic acids is 1. The number of halogens is 2. The molecule has 1 amide bonds. The van der Waals surface area contributed by atoms with Crippen LogP contribution in [-0.4, -0.2) is 19.1 Å². The molecule has 3 aromatic carbocycles. The third-order valence-corrected chi connectivity index (χ3v) is 7.02. The van der Waals surface area contributed by atoms with E-state index in [1.807, 2.05) is 26.8 Å². The Hall–Kier alpha value is -3.41. The van der Waals surface area contributed by atoms with E-state index in [0.29, 0.717) is 25.2 Å². The van der Waals surface area contributed by atoms with Crippen LogP contribution in [-0.2, 0) is 27.5 Å². The number of fused-ring (bicyclic) bond motifs is 2. The van der Waals surface area contributed by atoms with Gasteiger partial charge in [0.2, 0.25) is 5.91 Å². The van der Waals surface area contributed by atoms with Gasteiger partial charge in [0.15, 0.2) is 11.5 Å². The summed E-state index contributed by atoms with van der Waals surface area (Å²) in [7, 11) is 0. The highest BCUT2D eigenvalue weighted by Gasteiger charge is 2.21. The normalized spacial score (nSPS) is 14.5. The van der Waals surface area contributed by atoms with Crippen molar-refractivity contribution in [3.63, 3.8) is 0 Å². The van der Waals surface area contributed by atoms with Crippen LogP contribution in [0.15, 0.2) is 54.6 Å². The zero-order valence-corrected chi connectivity index (χ0v) is 26.0. The Kier molecular flexibility index (Phi) is 9.89. The highest BCUT2D eigenvalue weighted by atomic mass is 19.1. The molecule has 5 rings (SSSR count). The SMILES string of the molecule is CC(C)(C)c1cc(F)ccc1F.CC(C)(C)c1ccc2c(c1)NC(=O)CC2.CC(C)(C)c1ccc2c(c1)OCCO2. The Labute approximate surface area is 244 Å². The maximum Gasteiger partial charge on any atom is 0.224 e. The molecule has 0 saturated heterocycles. The van der Waals surface area contributed by atoms with E-state index in [2.05, 4.69) is 77.2 Å². The molecule has 41 heavy (non-hydrogen) atoms. The second kappa shape index (κ2) is 12.6. The van der Waals surface area contributed by atoms with E-state index in [4.69, 9.17) is 9.47 Å². The van der Waals surface area contributed by atoms with E-state index in [9.17, 15) is 13.6 Å². The molecule has 2 heterocycles. The third kappa shape index (κ3) is 9.04. The van der Waals surface area contributed by atoms with Gasteiger partial charge in [-0.05, 0) is 81.3 Å². The van der Waals surface area contributed by atoms with Crippen LogP contribution >= 0.6 is 0 Å². The fraction of sp³-hybridized carbons (Fsp3) is 0.457. The first-order chi connectivity index (χ1) is 18.9. The number of amides is 1. The Bertz CT molecular complexity index is 1360. The molecule has 2 aliphatic rings. The van der Waals surface area contributed by atoms with Crippen LogP contribution in [0.4, 0.5) is 14.5 Å².